The molecule has 0 radical (unpaired) electrons. The molecular weight excluding hydrogens is 366 g/mol. The number of benzene rings is 1. The summed E-state index contributed by atoms with van der Waals surface area (Å²) in [5.41, 5.74) is 5.01. The van der Waals surface area contributed by atoms with Crippen molar-refractivity contribution in [2.45, 2.75) is 9.79 Å². The maximum absolute atomic E-state index is 11.4. The van der Waals surface area contributed by atoms with Crippen molar-refractivity contribution in [3.8, 4) is 6.01 Å². The zero-order valence-corrected chi connectivity index (χ0v) is 13.5. The van der Waals surface area contributed by atoms with E-state index in [1.165, 1.54) is 7.11 Å². The van der Waals surface area contributed by atoms with Gasteiger partial charge in [0.15, 0.2) is 0 Å². The summed E-state index contributed by atoms with van der Waals surface area (Å²) < 4.78 is 68.2. The average Bonchev–Trinajstić information content (AvgIpc) is 2.44. The molecule has 2 rings (SSSR count). The van der Waals surface area contributed by atoms with Crippen molar-refractivity contribution in [2.75, 3.05) is 18.2 Å². The minimum absolute atomic E-state index is 0.190. The summed E-state index contributed by atoms with van der Waals surface area (Å²) in [6.07, 6.45) is 0. The molecule has 0 aliphatic carbocycles. The quantitative estimate of drug-likeness (QED) is 0.497. The zero-order valence-electron chi connectivity index (χ0n) is 11.9. The lowest BCUT2D eigenvalue weighted by atomic mass is 10.3. The molecule has 12 nitrogen and oxygen atoms in total. The van der Waals surface area contributed by atoms with Gasteiger partial charge in [-0.3, -0.25) is 9.11 Å². The van der Waals surface area contributed by atoms with Crippen LogP contribution in [0.5, 0.6) is 6.01 Å². The first-order valence-corrected chi connectivity index (χ1v) is 8.80. The standard InChI is InChI=1S/C10H11N5O7S2/c1-22-10-14-8(11)13-9(15-10)12-6-4-5(23(16,17)18)2-3-7(6)24(19,20)21/h2-4H,1H3,(H,16,17,18)(H,19,20,21)(H3,11,12,13,14,15). The topological polar surface area (TPSA) is 195 Å². The number of nitrogens with zero attached hydrogens (tertiary/aromatic N) is 3. The third-order valence-corrected chi connectivity index (χ3v) is 4.35. The van der Waals surface area contributed by atoms with Crippen molar-refractivity contribution >= 4 is 37.8 Å². The van der Waals surface area contributed by atoms with Gasteiger partial charge in [0.2, 0.25) is 11.9 Å². The van der Waals surface area contributed by atoms with Crippen molar-refractivity contribution in [3.05, 3.63) is 18.2 Å². The van der Waals surface area contributed by atoms with Gasteiger partial charge in [-0.15, -0.1) is 0 Å². The fourth-order valence-electron chi connectivity index (χ4n) is 1.63. The molecule has 14 heteroatoms. The van der Waals surface area contributed by atoms with E-state index in [0.717, 1.165) is 18.2 Å². The minimum Gasteiger partial charge on any atom is -0.467 e. The Kier molecular flexibility index (Phi) is 4.57. The molecule has 0 fully saturated rings. The number of anilines is 3. The Bertz CT molecular complexity index is 991. The van der Waals surface area contributed by atoms with Gasteiger partial charge >= 0.3 is 6.01 Å². The molecular formula is C10H11N5O7S2. The zero-order chi connectivity index (χ0) is 18.1. The van der Waals surface area contributed by atoms with Crippen LogP contribution in [0.2, 0.25) is 0 Å². The smallest absolute Gasteiger partial charge is 0.322 e. The van der Waals surface area contributed by atoms with Gasteiger partial charge in [0.25, 0.3) is 20.2 Å². The van der Waals surface area contributed by atoms with E-state index in [4.69, 9.17) is 15.0 Å². The number of ether oxygens (including phenoxy) is 1. The third-order valence-electron chi connectivity index (χ3n) is 2.59. The van der Waals surface area contributed by atoms with Crippen LogP contribution in [0.15, 0.2) is 28.0 Å². The number of methoxy groups -OCH3 is 1. The largest absolute Gasteiger partial charge is 0.467 e. The first kappa shape index (κ1) is 17.8. The van der Waals surface area contributed by atoms with Crippen LogP contribution in [0, 0.1) is 0 Å². The predicted octanol–water partition coefficient (Wildman–Crippen LogP) is -0.301. The molecule has 0 saturated heterocycles. The van der Waals surface area contributed by atoms with Gasteiger partial charge in [-0.1, -0.05) is 0 Å². The van der Waals surface area contributed by atoms with E-state index in [-0.39, 0.29) is 17.9 Å². The highest BCUT2D eigenvalue weighted by Crippen LogP contribution is 2.27. The van der Waals surface area contributed by atoms with Crippen LogP contribution in [0.3, 0.4) is 0 Å². The van der Waals surface area contributed by atoms with Crippen LogP contribution in [0.25, 0.3) is 0 Å². The van der Waals surface area contributed by atoms with Gasteiger partial charge in [0.1, 0.15) is 4.90 Å². The lowest BCUT2D eigenvalue weighted by Crippen LogP contribution is -2.09. The van der Waals surface area contributed by atoms with Gasteiger partial charge in [-0.25, -0.2) is 0 Å². The maximum Gasteiger partial charge on any atom is 0.322 e. The van der Waals surface area contributed by atoms with E-state index in [1.54, 1.807) is 0 Å². The Morgan fingerprint density at radius 2 is 1.75 bits per heavy atom. The molecule has 130 valence electrons. The lowest BCUT2D eigenvalue weighted by molar-refractivity contribution is 0.380. The van der Waals surface area contributed by atoms with E-state index in [9.17, 15) is 21.4 Å². The summed E-state index contributed by atoms with van der Waals surface area (Å²) in [4.78, 5) is 9.73. The van der Waals surface area contributed by atoms with Crippen molar-refractivity contribution in [1.29, 1.82) is 0 Å². The van der Waals surface area contributed by atoms with Crippen LogP contribution in [0.1, 0.15) is 0 Å². The van der Waals surface area contributed by atoms with E-state index in [2.05, 4.69) is 20.3 Å². The molecule has 0 bridgehead atoms. The molecule has 0 amide bonds. The number of aromatic nitrogens is 3. The Labute approximate surface area is 136 Å². The fraction of sp³-hybridized carbons (Fsp3) is 0.100. The highest BCUT2D eigenvalue weighted by atomic mass is 32.2. The molecule has 0 unspecified atom stereocenters. The number of nitrogen functional groups attached to an aromatic ring is 1. The number of nitrogens with two attached hydrogens (primary N) is 1. The molecule has 1 heterocycles. The second kappa shape index (κ2) is 6.16. The molecule has 0 aliphatic rings. The molecule has 1 aromatic heterocycles. The summed E-state index contributed by atoms with van der Waals surface area (Å²) in [6.45, 7) is 0. The number of hydrogen-bond acceptors (Lipinski definition) is 10. The van der Waals surface area contributed by atoms with Gasteiger partial charge in [0.05, 0.1) is 17.7 Å². The van der Waals surface area contributed by atoms with Crippen molar-refractivity contribution < 1.29 is 30.7 Å². The van der Waals surface area contributed by atoms with E-state index < -0.39 is 35.7 Å². The van der Waals surface area contributed by atoms with Crippen molar-refractivity contribution in [2.24, 2.45) is 0 Å². The first-order chi connectivity index (χ1) is 11.0. The molecule has 2 aromatic rings. The molecule has 0 saturated carbocycles. The molecule has 0 spiro atoms. The monoisotopic (exact) mass is 377 g/mol. The second-order valence-electron chi connectivity index (χ2n) is 4.24. The average molecular weight is 377 g/mol. The lowest BCUT2D eigenvalue weighted by Gasteiger charge is -2.11. The van der Waals surface area contributed by atoms with Crippen molar-refractivity contribution in [1.82, 2.24) is 15.0 Å². The number of nitrogens with one attached hydrogen (secondary N) is 1. The number of rotatable bonds is 5. The summed E-state index contributed by atoms with van der Waals surface area (Å²) in [5, 5.41) is 2.37. The van der Waals surface area contributed by atoms with Crippen LogP contribution in [-0.4, -0.2) is 48.0 Å². The Morgan fingerprint density at radius 3 is 2.29 bits per heavy atom. The Balaban J connectivity index is 2.61. The van der Waals surface area contributed by atoms with Crippen molar-refractivity contribution in [3.63, 3.8) is 0 Å². The highest BCUT2D eigenvalue weighted by Gasteiger charge is 2.20. The van der Waals surface area contributed by atoms with Crippen LogP contribution >= 0.6 is 0 Å². The maximum atomic E-state index is 11.4. The van der Waals surface area contributed by atoms with Gasteiger partial charge in [-0.2, -0.15) is 31.8 Å². The van der Waals surface area contributed by atoms with E-state index in [1.807, 2.05) is 0 Å². The molecule has 5 N–H and O–H groups in total. The van der Waals surface area contributed by atoms with E-state index >= 15 is 0 Å². The first-order valence-electron chi connectivity index (χ1n) is 5.92. The predicted molar refractivity (Wildman–Crippen MR) is 80.1 cm³/mol. The summed E-state index contributed by atoms with van der Waals surface area (Å²) in [7, 11) is -8.08. The van der Waals surface area contributed by atoms with Gasteiger partial charge in [-0.05, 0) is 18.2 Å². The summed E-state index contributed by atoms with van der Waals surface area (Å²) >= 11 is 0. The summed E-state index contributed by atoms with van der Waals surface area (Å²) in [5.74, 6) is -0.541. The van der Waals surface area contributed by atoms with Crippen LogP contribution < -0.4 is 15.8 Å². The van der Waals surface area contributed by atoms with Crippen LogP contribution in [-0.2, 0) is 20.2 Å². The minimum atomic E-state index is -4.71. The third kappa shape index (κ3) is 4.05. The van der Waals surface area contributed by atoms with Gasteiger partial charge in [0, 0.05) is 0 Å². The fourth-order valence-corrected chi connectivity index (χ4v) is 2.77. The van der Waals surface area contributed by atoms with Gasteiger partial charge < -0.3 is 15.8 Å². The SMILES string of the molecule is COc1nc(N)nc(Nc2cc(S(=O)(=O)O)ccc2S(=O)(=O)O)n1. The normalized spacial score (nSPS) is 12.0. The summed E-state index contributed by atoms with van der Waals surface area (Å²) in [6, 6.07) is 2.16. The number of hydrogen-bond donors (Lipinski definition) is 4. The Morgan fingerprint density at radius 1 is 1.08 bits per heavy atom. The molecule has 0 aliphatic heterocycles. The molecule has 24 heavy (non-hydrogen) atoms. The molecule has 1 aromatic carbocycles. The van der Waals surface area contributed by atoms with Crippen LogP contribution in [0.4, 0.5) is 17.6 Å². The molecule has 0 atom stereocenters. The Hall–Kier alpha value is -2.55. The highest BCUT2D eigenvalue weighted by molar-refractivity contribution is 7.86. The second-order valence-corrected chi connectivity index (χ2v) is 7.05. The van der Waals surface area contributed by atoms with E-state index in [0.29, 0.717) is 0 Å².